The fraction of sp³-hybridized carbons (Fsp3) is 0.407. The number of hydrogen-bond donors (Lipinski definition) is 3. The number of benzene rings is 2. The van der Waals surface area contributed by atoms with Crippen LogP contribution in [0.3, 0.4) is 0 Å². The van der Waals surface area contributed by atoms with Crippen molar-refractivity contribution in [2.24, 2.45) is 0 Å². The van der Waals surface area contributed by atoms with Gasteiger partial charge in [-0.1, -0.05) is 12.1 Å². The third-order valence-corrected chi connectivity index (χ3v) is 6.23. The molecule has 2 aromatic carbocycles. The summed E-state index contributed by atoms with van der Waals surface area (Å²) < 4.78 is 17.0. The van der Waals surface area contributed by atoms with E-state index in [-0.39, 0.29) is 12.3 Å². The highest BCUT2D eigenvalue weighted by Crippen LogP contribution is 2.35. The molecule has 11 nitrogen and oxygen atoms in total. The molecule has 3 N–H and O–H groups in total. The van der Waals surface area contributed by atoms with Crippen molar-refractivity contribution in [3.63, 3.8) is 0 Å². The van der Waals surface area contributed by atoms with Crippen molar-refractivity contribution in [3.8, 4) is 11.5 Å². The lowest BCUT2D eigenvalue weighted by molar-refractivity contribution is -0.141. The molecule has 38 heavy (non-hydrogen) atoms. The number of nitrogens with one attached hydrogen (secondary N) is 2. The van der Waals surface area contributed by atoms with E-state index >= 15 is 0 Å². The molecule has 3 aromatic rings. The SMILES string of the molecule is COc1cc2ncnc(Nc3ccc(CC(NC(C)=O)C(=O)O)cc3)c2cc1OCCCN1CCOCC1. The molecule has 4 rings (SSSR count). The normalized spacial score (nSPS) is 14.6. The van der Waals surface area contributed by atoms with Gasteiger partial charge in [0.2, 0.25) is 5.91 Å². The number of carboxylic acids is 1. The zero-order chi connectivity index (χ0) is 26.9. The second kappa shape index (κ2) is 13.0. The van der Waals surface area contributed by atoms with Crippen LogP contribution in [0, 0.1) is 0 Å². The third-order valence-electron chi connectivity index (χ3n) is 6.23. The fourth-order valence-electron chi connectivity index (χ4n) is 4.27. The van der Waals surface area contributed by atoms with Gasteiger partial charge < -0.3 is 30.0 Å². The number of methoxy groups -OCH3 is 1. The summed E-state index contributed by atoms with van der Waals surface area (Å²) in [6.07, 6.45) is 2.54. The first kappa shape index (κ1) is 27.1. The Kier molecular flexibility index (Phi) is 9.28. The second-order valence-corrected chi connectivity index (χ2v) is 9.02. The molecule has 1 atom stereocenters. The average Bonchev–Trinajstić information content (AvgIpc) is 2.92. The van der Waals surface area contributed by atoms with Crippen LogP contribution in [0.5, 0.6) is 11.5 Å². The number of carbonyl (C=O) groups excluding carboxylic acids is 1. The van der Waals surface area contributed by atoms with Gasteiger partial charge in [-0.05, 0) is 30.2 Å². The topological polar surface area (TPSA) is 135 Å². The van der Waals surface area contributed by atoms with E-state index in [0.717, 1.165) is 55.9 Å². The van der Waals surface area contributed by atoms with Crippen LogP contribution in [0.15, 0.2) is 42.7 Å². The molecular weight excluding hydrogens is 490 g/mol. The first-order valence-electron chi connectivity index (χ1n) is 12.5. The van der Waals surface area contributed by atoms with E-state index in [0.29, 0.717) is 29.4 Å². The Bertz CT molecular complexity index is 1250. The molecule has 1 saturated heterocycles. The molecule has 2 heterocycles. The van der Waals surface area contributed by atoms with E-state index in [9.17, 15) is 14.7 Å². The Morgan fingerprint density at radius 3 is 2.58 bits per heavy atom. The Balaban J connectivity index is 1.45. The van der Waals surface area contributed by atoms with E-state index in [1.165, 1.54) is 13.3 Å². The maximum absolute atomic E-state index is 11.4. The van der Waals surface area contributed by atoms with Gasteiger partial charge in [0, 0.05) is 50.1 Å². The summed E-state index contributed by atoms with van der Waals surface area (Å²) >= 11 is 0. The summed E-state index contributed by atoms with van der Waals surface area (Å²) in [5.74, 6) is 0.357. The van der Waals surface area contributed by atoms with Crippen LogP contribution in [0.4, 0.5) is 11.5 Å². The highest BCUT2D eigenvalue weighted by atomic mass is 16.5. The molecule has 0 saturated carbocycles. The predicted molar refractivity (Wildman–Crippen MR) is 142 cm³/mol. The van der Waals surface area contributed by atoms with E-state index < -0.39 is 12.0 Å². The lowest BCUT2D eigenvalue weighted by Gasteiger charge is -2.26. The number of hydrogen-bond acceptors (Lipinski definition) is 9. The van der Waals surface area contributed by atoms with Gasteiger partial charge in [0.05, 0.1) is 32.4 Å². The number of ether oxygens (including phenoxy) is 3. The van der Waals surface area contributed by atoms with Gasteiger partial charge in [0.1, 0.15) is 18.2 Å². The average molecular weight is 524 g/mol. The zero-order valence-electron chi connectivity index (χ0n) is 21.6. The predicted octanol–water partition coefficient (Wildman–Crippen LogP) is 2.61. The van der Waals surface area contributed by atoms with Crippen molar-refractivity contribution >= 4 is 34.3 Å². The monoisotopic (exact) mass is 523 g/mol. The number of amides is 1. The molecule has 1 amide bonds. The quantitative estimate of drug-likeness (QED) is 0.304. The maximum Gasteiger partial charge on any atom is 0.326 e. The third kappa shape index (κ3) is 7.30. The van der Waals surface area contributed by atoms with E-state index in [1.807, 2.05) is 36.4 Å². The molecule has 1 aliphatic heterocycles. The molecular formula is C27H33N5O6. The van der Waals surface area contributed by atoms with Crippen LogP contribution in [0.25, 0.3) is 10.9 Å². The number of anilines is 2. The van der Waals surface area contributed by atoms with Crippen molar-refractivity contribution in [2.75, 3.05) is 51.9 Å². The van der Waals surface area contributed by atoms with Gasteiger partial charge in [-0.2, -0.15) is 0 Å². The minimum absolute atomic E-state index is 0.178. The summed E-state index contributed by atoms with van der Waals surface area (Å²) in [5, 5.41) is 15.9. The Morgan fingerprint density at radius 1 is 1.13 bits per heavy atom. The number of carbonyl (C=O) groups is 2. The number of aromatic nitrogens is 2. The van der Waals surface area contributed by atoms with Gasteiger partial charge in [-0.3, -0.25) is 9.69 Å². The van der Waals surface area contributed by atoms with Gasteiger partial charge >= 0.3 is 5.97 Å². The van der Waals surface area contributed by atoms with Crippen molar-refractivity contribution in [3.05, 3.63) is 48.3 Å². The molecule has 1 unspecified atom stereocenters. The van der Waals surface area contributed by atoms with E-state index in [2.05, 4.69) is 25.5 Å². The van der Waals surface area contributed by atoms with Gasteiger partial charge in [-0.15, -0.1) is 0 Å². The summed E-state index contributed by atoms with van der Waals surface area (Å²) in [7, 11) is 1.60. The summed E-state index contributed by atoms with van der Waals surface area (Å²) in [5.41, 5.74) is 2.25. The van der Waals surface area contributed by atoms with Crippen LogP contribution in [0.2, 0.25) is 0 Å². The molecule has 1 aromatic heterocycles. The van der Waals surface area contributed by atoms with Crippen LogP contribution in [-0.4, -0.2) is 84.5 Å². The number of carboxylic acid groups (broad SMARTS) is 1. The van der Waals surface area contributed by atoms with Crippen LogP contribution in [0.1, 0.15) is 18.9 Å². The van der Waals surface area contributed by atoms with Crippen LogP contribution < -0.4 is 20.1 Å². The second-order valence-electron chi connectivity index (χ2n) is 9.02. The Morgan fingerprint density at radius 2 is 1.89 bits per heavy atom. The Labute approximate surface area is 221 Å². The van der Waals surface area contributed by atoms with Crippen molar-refractivity contribution in [2.45, 2.75) is 25.8 Å². The fourth-order valence-corrected chi connectivity index (χ4v) is 4.27. The van der Waals surface area contributed by atoms with Crippen molar-refractivity contribution in [1.82, 2.24) is 20.2 Å². The van der Waals surface area contributed by atoms with Crippen LogP contribution in [-0.2, 0) is 20.7 Å². The number of nitrogens with zero attached hydrogens (tertiary/aromatic N) is 3. The summed E-state index contributed by atoms with van der Waals surface area (Å²) in [6, 6.07) is 10.0. The standard InChI is InChI=1S/C27H33N5O6/c1-18(33)30-23(27(34)35)14-19-4-6-20(7-5-19)31-26-21-15-25(24(36-2)16-22(21)28-17-29-26)38-11-3-8-32-9-12-37-13-10-32/h4-7,15-17,23H,3,8-14H2,1-2H3,(H,30,33)(H,34,35)(H,28,29,31). The van der Waals surface area contributed by atoms with E-state index in [4.69, 9.17) is 14.2 Å². The number of aliphatic carboxylic acids is 1. The van der Waals surface area contributed by atoms with Gasteiger partial charge in [0.15, 0.2) is 11.5 Å². The molecule has 1 fully saturated rings. The lowest BCUT2D eigenvalue weighted by Crippen LogP contribution is -2.41. The lowest BCUT2D eigenvalue weighted by atomic mass is 10.1. The molecule has 0 bridgehead atoms. The highest BCUT2D eigenvalue weighted by molar-refractivity contribution is 5.93. The van der Waals surface area contributed by atoms with Crippen LogP contribution >= 0.6 is 0 Å². The van der Waals surface area contributed by atoms with Gasteiger partial charge in [0.25, 0.3) is 0 Å². The Hall–Kier alpha value is -3.96. The number of morpholine rings is 1. The first-order chi connectivity index (χ1) is 18.4. The largest absolute Gasteiger partial charge is 0.493 e. The van der Waals surface area contributed by atoms with Gasteiger partial charge in [-0.25, -0.2) is 14.8 Å². The number of rotatable bonds is 12. The molecule has 0 aliphatic carbocycles. The highest BCUT2D eigenvalue weighted by Gasteiger charge is 2.19. The minimum atomic E-state index is -1.08. The maximum atomic E-state index is 11.4. The summed E-state index contributed by atoms with van der Waals surface area (Å²) in [6.45, 7) is 6.24. The molecule has 1 aliphatic rings. The van der Waals surface area contributed by atoms with Crippen molar-refractivity contribution < 1.29 is 28.9 Å². The van der Waals surface area contributed by atoms with E-state index in [1.54, 1.807) is 7.11 Å². The molecule has 0 spiro atoms. The smallest absolute Gasteiger partial charge is 0.326 e. The zero-order valence-corrected chi connectivity index (χ0v) is 21.6. The number of fused-ring (bicyclic) bond motifs is 1. The first-order valence-corrected chi connectivity index (χ1v) is 12.5. The molecule has 202 valence electrons. The summed E-state index contributed by atoms with van der Waals surface area (Å²) in [4.78, 5) is 33.9. The van der Waals surface area contributed by atoms with Crippen molar-refractivity contribution in [1.29, 1.82) is 0 Å². The molecule has 0 radical (unpaired) electrons. The minimum Gasteiger partial charge on any atom is -0.493 e. The molecule has 11 heteroatoms.